The monoisotopic (exact) mass is 473 g/mol. The average molecular weight is 474 g/mol. The molecule has 0 saturated heterocycles. The second-order valence-electron chi connectivity index (χ2n) is 8.29. The molecule has 1 N–H and O–H groups in total. The van der Waals surface area contributed by atoms with Gasteiger partial charge in [-0.2, -0.15) is 4.68 Å². The predicted molar refractivity (Wildman–Crippen MR) is 128 cm³/mol. The van der Waals surface area contributed by atoms with E-state index in [2.05, 4.69) is 54.9 Å². The van der Waals surface area contributed by atoms with Crippen LogP contribution in [-0.2, 0) is 0 Å². The Hall–Kier alpha value is -3.99. The Bertz CT molecular complexity index is 1470. The summed E-state index contributed by atoms with van der Waals surface area (Å²) in [5, 5.41) is 15.3. The van der Waals surface area contributed by atoms with Gasteiger partial charge >= 0.3 is 0 Å². The van der Waals surface area contributed by atoms with E-state index in [-0.39, 0.29) is 17.9 Å². The van der Waals surface area contributed by atoms with Crippen LogP contribution in [0.1, 0.15) is 59.5 Å². The number of carbonyl (C=O) groups is 1. The molecule has 1 atom stereocenters. The van der Waals surface area contributed by atoms with Gasteiger partial charge in [0.25, 0.3) is 5.91 Å². The Balaban J connectivity index is 1.64. The van der Waals surface area contributed by atoms with E-state index in [1.54, 1.807) is 46.9 Å². The highest BCUT2D eigenvalue weighted by Gasteiger charge is 2.21. The Morgan fingerprint density at radius 3 is 2.68 bits per heavy atom. The normalized spacial score (nSPS) is 12.4. The van der Waals surface area contributed by atoms with Crippen LogP contribution in [0, 0.1) is 6.92 Å². The van der Waals surface area contributed by atoms with E-state index in [9.17, 15) is 4.79 Å². The summed E-state index contributed by atoms with van der Waals surface area (Å²) in [5.74, 6) is 0.518. The van der Waals surface area contributed by atoms with Gasteiger partial charge in [-0.3, -0.25) is 19.2 Å². The number of imidazole rings is 1. The number of hydrogen-bond acceptors (Lipinski definition) is 8. The lowest BCUT2D eigenvalue weighted by atomic mass is 10.2. The zero-order valence-corrected chi connectivity index (χ0v) is 20.0. The van der Waals surface area contributed by atoms with Crippen molar-refractivity contribution in [3.63, 3.8) is 0 Å². The highest BCUT2D eigenvalue weighted by molar-refractivity contribution is 7.15. The van der Waals surface area contributed by atoms with Gasteiger partial charge in [0.05, 0.1) is 40.3 Å². The summed E-state index contributed by atoms with van der Waals surface area (Å²) in [5.41, 5.74) is 3.32. The van der Waals surface area contributed by atoms with Gasteiger partial charge in [0.15, 0.2) is 11.5 Å². The van der Waals surface area contributed by atoms with Gasteiger partial charge in [0, 0.05) is 29.4 Å². The maximum absolute atomic E-state index is 13.3. The molecule has 0 aliphatic rings. The van der Waals surface area contributed by atoms with Gasteiger partial charge in [0.1, 0.15) is 5.69 Å². The summed E-state index contributed by atoms with van der Waals surface area (Å²) in [6.45, 7) is 7.97. The summed E-state index contributed by atoms with van der Waals surface area (Å²) in [7, 11) is 0. The lowest BCUT2D eigenvalue weighted by Crippen LogP contribution is -2.27. The third-order valence-electron chi connectivity index (χ3n) is 5.45. The molecule has 0 fully saturated rings. The van der Waals surface area contributed by atoms with Crippen LogP contribution in [0.5, 0.6) is 0 Å². The number of aryl methyl sites for hydroxylation is 1. The van der Waals surface area contributed by atoms with Gasteiger partial charge < -0.3 is 5.32 Å². The highest BCUT2D eigenvalue weighted by Crippen LogP contribution is 2.31. The standard InChI is InChI=1S/C23H23N9OS/c1-13(2)21-28-29-30-32(21)18-9-16(23(33)27-15(4)17-10-24-7-8-25-17)12-31-19(11-26-22(18)31)20-6-5-14(3)34-20/h5-13,15H,1-4H3,(H,27,33). The van der Waals surface area contributed by atoms with Crippen molar-refractivity contribution in [2.75, 3.05) is 0 Å². The Morgan fingerprint density at radius 1 is 1.12 bits per heavy atom. The van der Waals surface area contributed by atoms with Crippen LogP contribution in [0.2, 0.25) is 0 Å². The Kier molecular flexibility index (Phi) is 5.62. The second-order valence-corrected chi connectivity index (χ2v) is 9.58. The van der Waals surface area contributed by atoms with Crippen molar-refractivity contribution >= 4 is 22.9 Å². The average Bonchev–Trinajstić information content (AvgIpc) is 3.58. The molecule has 0 aliphatic carbocycles. The molecule has 11 heteroatoms. The number of nitrogens with zero attached hydrogens (tertiary/aromatic N) is 8. The molecule has 5 heterocycles. The smallest absolute Gasteiger partial charge is 0.253 e. The minimum atomic E-state index is -0.318. The first-order valence-electron chi connectivity index (χ1n) is 10.9. The first kappa shape index (κ1) is 21.8. The van der Waals surface area contributed by atoms with Crippen molar-refractivity contribution in [1.82, 2.24) is 44.9 Å². The summed E-state index contributed by atoms with van der Waals surface area (Å²) < 4.78 is 3.58. The van der Waals surface area contributed by atoms with Crippen molar-refractivity contribution in [2.24, 2.45) is 0 Å². The van der Waals surface area contributed by atoms with Crippen LogP contribution in [0.4, 0.5) is 0 Å². The van der Waals surface area contributed by atoms with Crippen molar-refractivity contribution in [1.29, 1.82) is 0 Å². The van der Waals surface area contributed by atoms with E-state index in [0.29, 0.717) is 28.4 Å². The topological polar surface area (TPSA) is 116 Å². The lowest BCUT2D eigenvalue weighted by molar-refractivity contribution is 0.0938. The number of nitrogens with one attached hydrogen (secondary N) is 1. The maximum atomic E-state index is 13.3. The van der Waals surface area contributed by atoms with E-state index in [1.165, 1.54) is 4.88 Å². The number of aromatic nitrogens is 8. The number of carbonyl (C=O) groups excluding carboxylic acids is 1. The number of hydrogen-bond donors (Lipinski definition) is 1. The third kappa shape index (κ3) is 3.94. The Morgan fingerprint density at radius 2 is 1.97 bits per heavy atom. The minimum Gasteiger partial charge on any atom is -0.344 e. The lowest BCUT2D eigenvalue weighted by Gasteiger charge is -2.15. The number of fused-ring (bicyclic) bond motifs is 1. The van der Waals surface area contributed by atoms with Crippen LogP contribution in [0.3, 0.4) is 0 Å². The van der Waals surface area contributed by atoms with Crippen molar-refractivity contribution in [3.8, 4) is 16.3 Å². The molecule has 0 radical (unpaired) electrons. The Labute approximate surface area is 199 Å². The molecule has 5 aromatic heterocycles. The van der Waals surface area contributed by atoms with E-state index in [0.717, 1.165) is 10.6 Å². The van der Waals surface area contributed by atoms with Gasteiger partial charge in [-0.1, -0.05) is 13.8 Å². The van der Waals surface area contributed by atoms with E-state index >= 15 is 0 Å². The summed E-state index contributed by atoms with van der Waals surface area (Å²) in [6, 6.07) is 5.58. The molecule has 0 bridgehead atoms. The third-order valence-corrected chi connectivity index (χ3v) is 6.48. The van der Waals surface area contributed by atoms with Gasteiger partial charge in [-0.15, -0.1) is 16.4 Å². The van der Waals surface area contributed by atoms with Gasteiger partial charge in [-0.25, -0.2) is 4.98 Å². The number of pyridine rings is 1. The van der Waals surface area contributed by atoms with Gasteiger partial charge in [0.2, 0.25) is 0 Å². The molecule has 5 rings (SSSR count). The van der Waals surface area contributed by atoms with Crippen LogP contribution < -0.4 is 5.32 Å². The summed E-state index contributed by atoms with van der Waals surface area (Å²) >= 11 is 1.67. The molecule has 0 aliphatic heterocycles. The fraction of sp³-hybridized carbons (Fsp3) is 0.261. The second kappa shape index (κ2) is 8.75. The molecular formula is C23H23N9OS. The molecule has 0 aromatic carbocycles. The molecule has 172 valence electrons. The fourth-order valence-corrected chi connectivity index (χ4v) is 4.59. The first-order chi connectivity index (χ1) is 16.4. The van der Waals surface area contributed by atoms with Crippen molar-refractivity contribution in [3.05, 3.63) is 71.1 Å². The first-order valence-corrected chi connectivity index (χ1v) is 11.7. The molecule has 34 heavy (non-hydrogen) atoms. The van der Waals surface area contributed by atoms with E-state index < -0.39 is 0 Å². The zero-order chi connectivity index (χ0) is 23.8. The molecule has 0 spiro atoms. The molecule has 1 unspecified atom stereocenters. The summed E-state index contributed by atoms with van der Waals surface area (Å²) in [4.78, 5) is 28.6. The van der Waals surface area contributed by atoms with Gasteiger partial charge in [-0.05, 0) is 42.5 Å². The molecule has 0 saturated carbocycles. The van der Waals surface area contributed by atoms with Crippen molar-refractivity contribution in [2.45, 2.75) is 39.7 Å². The molecule has 5 aromatic rings. The zero-order valence-electron chi connectivity index (χ0n) is 19.2. The van der Waals surface area contributed by atoms with Crippen LogP contribution in [0.25, 0.3) is 21.9 Å². The van der Waals surface area contributed by atoms with Crippen LogP contribution >= 0.6 is 11.3 Å². The number of rotatable bonds is 6. The number of thiophene rings is 1. The quantitative estimate of drug-likeness (QED) is 0.399. The summed E-state index contributed by atoms with van der Waals surface area (Å²) in [6.07, 6.45) is 8.46. The van der Waals surface area contributed by atoms with Crippen molar-refractivity contribution < 1.29 is 4.79 Å². The van der Waals surface area contributed by atoms with E-state index in [4.69, 9.17) is 0 Å². The molecule has 1 amide bonds. The predicted octanol–water partition coefficient (Wildman–Crippen LogP) is 3.75. The maximum Gasteiger partial charge on any atom is 0.253 e. The number of tetrazole rings is 1. The SMILES string of the molecule is Cc1ccc(-c2cnc3c(-n4nnnc4C(C)C)cc(C(=O)NC(C)c4cnccn4)cn23)s1. The fourth-order valence-electron chi connectivity index (χ4n) is 3.72. The van der Waals surface area contributed by atoms with Crippen LogP contribution in [0.15, 0.2) is 49.2 Å². The largest absolute Gasteiger partial charge is 0.344 e. The minimum absolute atomic E-state index is 0.0820. The van der Waals surface area contributed by atoms with E-state index in [1.807, 2.05) is 31.4 Å². The van der Waals surface area contributed by atoms with Crippen LogP contribution in [-0.4, -0.2) is 45.5 Å². The highest BCUT2D eigenvalue weighted by atomic mass is 32.1. The molecule has 10 nitrogen and oxygen atoms in total. The molecular weight excluding hydrogens is 450 g/mol. The number of amides is 1.